The molecule has 4 heteroatoms. The summed E-state index contributed by atoms with van der Waals surface area (Å²) in [5.74, 6) is 0.891. The molecule has 1 heterocycles. The quantitative estimate of drug-likeness (QED) is 0.415. The monoisotopic (exact) mass is 222 g/mol. The molecule has 2 aliphatic rings. The van der Waals surface area contributed by atoms with Gasteiger partial charge in [0.05, 0.1) is 0 Å². The van der Waals surface area contributed by atoms with Crippen LogP contribution in [0.25, 0.3) is 0 Å². The molecule has 0 aromatic rings. The third-order valence-electron chi connectivity index (χ3n) is 3.26. The molecule has 90 valence electrons. The first-order chi connectivity index (χ1) is 7.83. The highest BCUT2D eigenvalue weighted by atomic mass is 15.3. The van der Waals surface area contributed by atoms with Gasteiger partial charge in [-0.25, -0.2) is 0 Å². The fourth-order valence-electron chi connectivity index (χ4n) is 2.23. The summed E-state index contributed by atoms with van der Waals surface area (Å²) in [5.41, 5.74) is 0. The Balaban J connectivity index is 1.73. The molecule has 16 heavy (non-hydrogen) atoms. The standard InChI is InChI=1S/C12H22N4/c1-3-7-14-12(13-2)15-10-6-8-16(9-10)11-4-5-11/h3,10-11H,1,4-9H2,2H3,(H2,13,14,15). The van der Waals surface area contributed by atoms with Gasteiger partial charge in [0.25, 0.3) is 0 Å². The van der Waals surface area contributed by atoms with Gasteiger partial charge in [-0.2, -0.15) is 0 Å². The number of guanidine groups is 1. The zero-order chi connectivity index (χ0) is 11.4. The first-order valence-corrected chi connectivity index (χ1v) is 6.15. The van der Waals surface area contributed by atoms with Crippen molar-refractivity contribution in [3.63, 3.8) is 0 Å². The number of hydrogen-bond donors (Lipinski definition) is 2. The highest BCUT2D eigenvalue weighted by molar-refractivity contribution is 5.80. The minimum absolute atomic E-state index is 0.552. The molecule has 0 aromatic heterocycles. The molecule has 1 aliphatic carbocycles. The van der Waals surface area contributed by atoms with E-state index in [-0.39, 0.29) is 0 Å². The fourth-order valence-corrected chi connectivity index (χ4v) is 2.23. The normalized spacial score (nSPS) is 26.8. The van der Waals surface area contributed by atoms with Crippen LogP contribution in [-0.4, -0.2) is 49.6 Å². The largest absolute Gasteiger partial charge is 0.353 e. The molecular formula is C12H22N4. The van der Waals surface area contributed by atoms with E-state index in [9.17, 15) is 0 Å². The second-order valence-corrected chi connectivity index (χ2v) is 4.60. The van der Waals surface area contributed by atoms with Gasteiger partial charge in [0.15, 0.2) is 5.96 Å². The van der Waals surface area contributed by atoms with E-state index in [2.05, 4.69) is 27.1 Å². The SMILES string of the molecule is C=CCNC(=NC)NC1CCN(C2CC2)C1. The Labute approximate surface area is 97.8 Å². The minimum Gasteiger partial charge on any atom is -0.353 e. The van der Waals surface area contributed by atoms with Gasteiger partial charge in [-0.05, 0) is 19.3 Å². The summed E-state index contributed by atoms with van der Waals surface area (Å²) in [7, 11) is 1.81. The maximum Gasteiger partial charge on any atom is 0.191 e. The van der Waals surface area contributed by atoms with Crippen molar-refractivity contribution in [3.05, 3.63) is 12.7 Å². The van der Waals surface area contributed by atoms with E-state index >= 15 is 0 Å². The van der Waals surface area contributed by atoms with Crippen LogP contribution in [0.15, 0.2) is 17.6 Å². The predicted octanol–water partition coefficient (Wildman–Crippen LogP) is 0.574. The summed E-state index contributed by atoms with van der Waals surface area (Å²) >= 11 is 0. The van der Waals surface area contributed by atoms with E-state index in [1.54, 1.807) is 0 Å². The molecule has 1 atom stereocenters. The summed E-state index contributed by atoms with van der Waals surface area (Å²) < 4.78 is 0. The lowest BCUT2D eigenvalue weighted by molar-refractivity contribution is 0.321. The van der Waals surface area contributed by atoms with Crippen molar-refractivity contribution in [2.75, 3.05) is 26.7 Å². The van der Waals surface area contributed by atoms with Crippen LogP contribution in [-0.2, 0) is 0 Å². The fraction of sp³-hybridized carbons (Fsp3) is 0.750. The van der Waals surface area contributed by atoms with E-state index in [0.29, 0.717) is 6.04 Å². The Hall–Kier alpha value is -1.03. The van der Waals surface area contributed by atoms with Crippen molar-refractivity contribution in [2.24, 2.45) is 4.99 Å². The average molecular weight is 222 g/mol. The van der Waals surface area contributed by atoms with Gasteiger partial charge in [-0.1, -0.05) is 6.08 Å². The Kier molecular flexibility index (Phi) is 3.83. The molecule has 0 bridgehead atoms. The lowest BCUT2D eigenvalue weighted by Crippen LogP contribution is -2.44. The van der Waals surface area contributed by atoms with Crippen molar-refractivity contribution in [1.29, 1.82) is 0 Å². The van der Waals surface area contributed by atoms with Crippen LogP contribution in [0, 0.1) is 0 Å². The molecule has 2 fully saturated rings. The first-order valence-electron chi connectivity index (χ1n) is 6.15. The Morgan fingerprint density at radius 2 is 2.31 bits per heavy atom. The molecule has 4 nitrogen and oxygen atoms in total. The van der Waals surface area contributed by atoms with Crippen molar-refractivity contribution >= 4 is 5.96 Å². The van der Waals surface area contributed by atoms with Crippen molar-refractivity contribution in [3.8, 4) is 0 Å². The van der Waals surface area contributed by atoms with Gasteiger partial charge < -0.3 is 10.6 Å². The lowest BCUT2D eigenvalue weighted by Gasteiger charge is -2.18. The van der Waals surface area contributed by atoms with Gasteiger partial charge in [0.1, 0.15) is 0 Å². The maximum atomic E-state index is 4.20. The van der Waals surface area contributed by atoms with Crippen LogP contribution < -0.4 is 10.6 Å². The van der Waals surface area contributed by atoms with Gasteiger partial charge >= 0.3 is 0 Å². The average Bonchev–Trinajstić information content (AvgIpc) is 3.05. The zero-order valence-corrected chi connectivity index (χ0v) is 10.1. The van der Waals surface area contributed by atoms with E-state index in [1.165, 1.54) is 32.4 Å². The molecule has 2 rings (SSSR count). The lowest BCUT2D eigenvalue weighted by atomic mass is 10.3. The van der Waals surface area contributed by atoms with Gasteiger partial charge in [0.2, 0.25) is 0 Å². The molecule has 0 amide bonds. The number of nitrogens with zero attached hydrogens (tertiary/aromatic N) is 2. The van der Waals surface area contributed by atoms with Crippen LogP contribution >= 0.6 is 0 Å². The van der Waals surface area contributed by atoms with Gasteiger partial charge in [-0.3, -0.25) is 9.89 Å². The summed E-state index contributed by atoms with van der Waals surface area (Å²) in [5, 5.41) is 6.67. The van der Waals surface area contributed by atoms with E-state index in [1.807, 2.05) is 13.1 Å². The molecule has 1 aliphatic heterocycles. The highest BCUT2D eigenvalue weighted by Gasteiger charge is 2.34. The molecule has 1 saturated carbocycles. The van der Waals surface area contributed by atoms with Crippen molar-refractivity contribution in [2.45, 2.75) is 31.3 Å². The van der Waals surface area contributed by atoms with E-state index < -0.39 is 0 Å². The molecule has 1 saturated heterocycles. The topological polar surface area (TPSA) is 39.7 Å². The molecule has 0 aromatic carbocycles. The highest BCUT2D eigenvalue weighted by Crippen LogP contribution is 2.29. The van der Waals surface area contributed by atoms with Crippen LogP contribution in [0.5, 0.6) is 0 Å². The van der Waals surface area contributed by atoms with Crippen LogP contribution in [0.3, 0.4) is 0 Å². The third-order valence-corrected chi connectivity index (χ3v) is 3.26. The predicted molar refractivity (Wildman–Crippen MR) is 67.7 cm³/mol. The Morgan fingerprint density at radius 3 is 2.94 bits per heavy atom. The van der Waals surface area contributed by atoms with Crippen LogP contribution in [0.1, 0.15) is 19.3 Å². The summed E-state index contributed by atoms with van der Waals surface area (Å²) in [6, 6.07) is 1.44. The first kappa shape index (κ1) is 11.5. The second-order valence-electron chi connectivity index (χ2n) is 4.60. The van der Waals surface area contributed by atoms with Crippen LogP contribution in [0.4, 0.5) is 0 Å². The summed E-state index contributed by atoms with van der Waals surface area (Å²) in [4.78, 5) is 6.80. The molecule has 1 unspecified atom stereocenters. The minimum atomic E-state index is 0.552. The number of aliphatic imine (C=N–C) groups is 1. The van der Waals surface area contributed by atoms with E-state index in [0.717, 1.165) is 18.5 Å². The Morgan fingerprint density at radius 1 is 1.50 bits per heavy atom. The summed E-state index contributed by atoms with van der Waals surface area (Å²) in [6.07, 6.45) is 5.87. The zero-order valence-electron chi connectivity index (χ0n) is 10.1. The number of likely N-dealkylation sites (tertiary alicyclic amines) is 1. The number of nitrogens with one attached hydrogen (secondary N) is 2. The molecule has 2 N–H and O–H groups in total. The second kappa shape index (κ2) is 5.34. The summed E-state index contributed by atoms with van der Waals surface area (Å²) in [6.45, 7) is 6.85. The van der Waals surface area contributed by atoms with Crippen LogP contribution in [0.2, 0.25) is 0 Å². The molecule has 0 spiro atoms. The van der Waals surface area contributed by atoms with Crippen molar-refractivity contribution < 1.29 is 0 Å². The van der Waals surface area contributed by atoms with Gasteiger partial charge in [-0.15, -0.1) is 6.58 Å². The van der Waals surface area contributed by atoms with E-state index in [4.69, 9.17) is 0 Å². The van der Waals surface area contributed by atoms with Crippen molar-refractivity contribution in [1.82, 2.24) is 15.5 Å². The third kappa shape index (κ3) is 2.98. The number of hydrogen-bond acceptors (Lipinski definition) is 2. The molecular weight excluding hydrogens is 200 g/mol. The van der Waals surface area contributed by atoms with Gasteiger partial charge in [0, 0.05) is 38.8 Å². The maximum absolute atomic E-state index is 4.20. The molecule has 0 radical (unpaired) electrons. The number of rotatable bonds is 4. The smallest absolute Gasteiger partial charge is 0.191 e. The Bertz CT molecular complexity index is 270.